The SMILES string of the molecule is O=C(CN1CC=C(c2ccccc2)CC1)Nc1ccc(F)c(F)c1F. The van der Waals surface area contributed by atoms with Gasteiger partial charge in [-0.25, -0.2) is 13.2 Å². The molecule has 0 fully saturated rings. The van der Waals surface area contributed by atoms with Crippen LogP contribution in [0.1, 0.15) is 12.0 Å². The monoisotopic (exact) mass is 346 g/mol. The Morgan fingerprint density at radius 1 is 1.04 bits per heavy atom. The number of carbonyl (C=O) groups excluding carboxylic acids is 1. The average molecular weight is 346 g/mol. The van der Waals surface area contributed by atoms with Gasteiger partial charge in [0.1, 0.15) is 0 Å². The quantitative estimate of drug-likeness (QED) is 0.854. The molecule has 2 aromatic rings. The molecule has 3 nitrogen and oxygen atoms in total. The van der Waals surface area contributed by atoms with Crippen LogP contribution in [0.3, 0.4) is 0 Å². The maximum Gasteiger partial charge on any atom is 0.238 e. The van der Waals surface area contributed by atoms with Gasteiger partial charge in [-0.1, -0.05) is 36.4 Å². The molecule has 1 aliphatic heterocycles. The van der Waals surface area contributed by atoms with E-state index in [1.165, 1.54) is 5.57 Å². The van der Waals surface area contributed by atoms with Gasteiger partial charge in [0.05, 0.1) is 12.2 Å². The zero-order chi connectivity index (χ0) is 17.8. The molecule has 0 aliphatic carbocycles. The maximum absolute atomic E-state index is 13.6. The van der Waals surface area contributed by atoms with Crippen LogP contribution in [0, 0.1) is 17.5 Å². The molecule has 3 rings (SSSR count). The van der Waals surface area contributed by atoms with E-state index in [1.807, 2.05) is 35.2 Å². The van der Waals surface area contributed by atoms with Gasteiger partial charge in [0, 0.05) is 13.1 Å². The number of hydrogen-bond acceptors (Lipinski definition) is 2. The van der Waals surface area contributed by atoms with Crippen LogP contribution in [0.15, 0.2) is 48.5 Å². The lowest BCUT2D eigenvalue weighted by Gasteiger charge is -2.26. The highest BCUT2D eigenvalue weighted by Gasteiger charge is 2.18. The summed E-state index contributed by atoms with van der Waals surface area (Å²) in [5.41, 5.74) is 2.03. The number of rotatable bonds is 4. The van der Waals surface area contributed by atoms with Crippen molar-refractivity contribution >= 4 is 17.2 Å². The minimum atomic E-state index is -1.59. The van der Waals surface area contributed by atoms with Gasteiger partial charge in [0.2, 0.25) is 5.91 Å². The van der Waals surface area contributed by atoms with Crippen molar-refractivity contribution in [3.8, 4) is 0 Å². The highest BCUT2D eigenvalue weighted by atomic mass is 19.2. The highest BCUT2D eigenvalue weighted by Crippen LogP contribution is 2.22. The van der Waals surface area contributed by atoms with E-state index in [2.05, 4.69) is 11.4 Å². The molecular weight excluding hydrogens is 329 g/mol. The van der Waals surface area contributed by atoms with Crippen molar-refractivity contribution in [1.82, 2.24) is 4.90 Å². The lowest BCUT2D eigenvalue weighted by atomic mass is 10.00. The summed E-state index contributed by atoms with van der Waals surface area (Å²) < 4.78 is 39.7. The summed E-state index contributed by atoms with van der Waals surface area (Å²) >= 11 is 0. The van der Waals surface area contributed by atoms with Crippen LogP contribution in [0.2, 0.25) is 0 Å². The molecule has 0 unspecified atom stereocenters. The molecule has 0 radical (unpaired) electrons. The van der Waals surface area contributed by atoms with E-state index in [-0.39, 0.29) is 12.2 Å². The fourth-order valence-electron chi connectivity index (χ4n) is 2.78. The first-order valence-electron chi connectivity index (χ1n) is 7.95. The third-order valence-electron chi connectivity index (χ3n) is 4.11. The number of nitrogens with one attached hydrogen (secondary N) is 1. The van der Waals surface area contributed by atoms with Crippen molar-refractivity contribution in [1.29, 1.82) is 0 Å². The average Bonchev–Trinajstić information content (AvgIpc) is 2.63. The Kier molecular flexibility index (Phi) is 5.19. The third kappa shape index (κ3) is 4.09. The van der Waals surface area contributed by atoms with Crippen LogP contribution in [0.4, 0.5) is 18.9 Å². The highest BCUT2D eigenvalue weighted by molar-refractivity contribution is 5.92. The fourth-order valence-corrected chi connectivity index (χ4v) is 2.78. The summed E-state index contributed by atoms with van der Waals surface area (Å²) in [6, 6.07) is 11.8. The molecule has 0 spiro atoms. The van der Waals surface area contributed by atoms with E-state index in [0.29, 0.717) is 13.1 Å². The molecule has 25 heavy (non-hydrogen) atoms. The molecule has 0 saturated carbocycles. The Morgan fingerprint density at radius 3 is 2.48 bits per heavy atom. The van der Waals surface area contributed by atoms with E-state index >= 15 is 0 Å². The van der Waals surface area contributed by atoms with Gasteiger partial charge in [0.15, 0.2) is 17.5 Å². The topological polar surface area (TPSA) is 32.3 Å². The number of benzene rings is 2. The van der Waals surface area contributed by atoms with Crippen LogP contribution < -0.4 is 5.32 Å². The lowest BCUT2D eigenvalue weighted by Crippen LogP contribution is -2.36. The number of nitrogens with zero attached hydrogens (tertiary/aromatic N) is 1. The second-order valence-electron chi connectivity index (χ2n) is 5.85. The summed E-state index contributed by atoms with van der Waals surface area (Å²) in [6.45, 7) is 1.34. The van der Waals surface area contributed by atoms with Gasteiger partial charge < -0.3 is 5.32 Å². The van der Waals surface area contributed by atoms with Crippen molar-refractivity contribution in [2.24, 2.45) is 0 Å². The predicted molar refractivity (Wildman–Crippen MR) is 90.4 cm³/mol. The molecule has 0 bridgehead atoms. The molecule has 130 valence electrons. The fraction of sp³-hybridized carbons (Fsp3) is 0.211. The number of anilines is 1. The molecule has 0 aromatic heterocycles. The Labute approximate surface area is 143 Å². The molecular formula is C19H17F3N2O. The van der Waals surface area contributed by atoms with Crippen molar-refractivity contribution in [3.63, 3.8) is 0 Å². The third-order valence-corrected chi connectivity index (χ3v) is 4.11. The Morgan fingerprint density at radius 2 is 1.80 bits per heavy atom. The Hall–Kier alpha value is -2.60. The van der Waals surface area contributed by atoms with E-state index in [1.54, 1.807) is 0 Å². The van der Waals surface area contributed by atoms with Crippen molar-refractivity contribution < 1.29 is 18.0 Å². The summed E-state index contributed by atoms with van der Waals surface area (Å²) in [5.74, 6) is -4.74. The minimum absolute atomic E-state index is 0.0526. The number of carbonyl (C=O) groups is 1. The van der Waals surface area contributed by atoms with Gasteiger partial charge in [0.25, 0.3) is 0 Å². The first-order chi connectivity index (χ1) is 12.0. The summed E-state index contributed by atoms with van der Waals surface area (Å²) in [7, 11) is 0. The largest absolute Gasteiger partial charge is 0.322 e. The smallest absolute Gasteiger partial charge is 0.238 e. The van der Waals surface area contributed by atoms with Crippen LogP contribution in [-0.2, 0) is 4.79 Å². The van der Waals surface area contributed by atoms with Crippen molar-refractivity contribution in [2.75, 3.05) is 25.0 Å². The molecule has 1 aliphatic rings. The molecule has 1 amide bonds. The lowest BCUT2D eigenvalue weighted by molar-refractivity contribution is -0.117. The number of halogens is 3. The van der Waals surface area contributed by atoms with Crippen molar-refractivity contribution in [2.45, 2.75) is 6.42 Å². The second kappa shape index (κ2) is 7.53. The number of hydrogen-bond donors (Lipinski definition) is 1. The van der Waals surface area contributed by atoms with Crippen LogP contribution in [0.5, 0.6) is 0 Å². The summed E-state index contributed by atoms with van der Waals surface area (Å²) in [6.07, 6.45) is 2.86. The molecule has 6 heteroatoms. The molecule has 0 saturated heterocycles. The number of amides is 1. The van der Waals surface area contributed by atoms with Crippen molar-refractivity contribution in [3.05, 3.63) is 71.6 Å². The summed E-state index contributed by atoms with van der Waals surface area (Å²) in [4.78, 5) is 13.9. The van der Waals surface area contributed by atoms with Crippen LogP contribution in [0.25, 0.3) is 5.57 Å². The van der Waals surface area contributed by atoms with E-state index < -0.39 is 23.4 Å². The summed E-state index contributed by atoms with van der Waals surface area (Å²) in [5, 5.41) is 2.29. The molecule has 1 heterocycles. The minimum Gasteiger partial charge on any atom is -0.322 e. The van der Waals surface area contributed by atoms with Gasteiger partial charge in [-0.15, -0.1) is 0 Å². The van der Waals surface area contributed by atoms with Gasteiger partial charge >= 0.3 is 0 Å². The van der Waals surface area contributed by atoms with Gasteiger partial charge in [-0.05, 0) is 29.7 Å². The Bertz CT molecular complexity index is 806. The standard InChI is InChI=1S/C19H17F3N2O/c20-15-6-7-16(19(22)18(15)21)23-17(25)12-24-10-8-14(9-11-24)13-4-2-1-3-5-13/h1-8H,9-12H2,(H,23,25). The maximum atomic E-state index is 13.6. The molecule has 2 aromatic carbocycles. The zero-order valence-corrected chi connectivity index (χ0v) is 13.4. The first kappa shape index (κ1) is 17.2. The first-order valence-corrected chi connectivity index (χ1v) is 7.95. The van der Waals surface area contributed by atoms with Gasteiger partial charge in [-0.3, -0.25) is 9.69 Å². The van der Waals surface area contributed by atoms with E-state index in [0.717, 1.165) is 24.1 Å². The predicted octanol–water partition coefficient (Wildman–Crippen LogP) is 3.83. The zero-order valence-electron chi connectivity index (χ0n) is 13.4. The van der Waals surface area contributed by atoms with E-state index in [9.17, 15) is 18.0 Å². The van der Waals surface area contributed by atoms with Gasteiger partial charge in [-0.2, -0.15) is 0 Å². The van der Waals surface area contributed by atoms with Crippen LogP contribution >= 0.6 is 0 Å². The molecule has 0 atom stereocenters. The van der Waals surface area contributed by atoms with E-state index in [4.69, 9.17) is 0 Å². The van der Waals surface area contributed by atoms with Crippen LogP contribution in [-0.4, -0.2) is 30.4 Å². The normalized spacial score (nSPS) is 14.9. The second-order valence-corrected chi connectivity index (χ2v) is 5.85. The molecule has 1 N–H and O–H groups in total. The Balaban J connectivity index is 1.58.